The molecule has 2 aromatic rings. The Labute approximate surface area is 105 Å². The average molecular weight is 243 g/mol. The Morgan fingerprint density at radius 1 is 1.22 bits per heavy atom. The van der Waals surface area contributed by atoms with Gasteiger partial charge >= 0.3 is 5.97 Å². The van der Waals surface area contributed by atoms with E-state index in [0.29, 0.717) is 5.88 Å². The SMILES string of the molecule is COc1cc(-c2ccc(CC(=O)O)cc2)ccn1. The number of hydrogen-bond donors (Lipinski definition) is 1. The van der Waals surface area contributed by atoms with Gasteiger partial charge in [-0.25, -0.2) is 4.98 Å². The summed E-state index contributed by atoms with van der Waals surface area (Å²) in [6.07, 6.45) is 1.72. The number of methoxy groups -OCH3 is 1. The molecule has 1 N–H and O–H groups in total. The van der Waals surface area contributed by atoms with Crippen LogP contribution in [0.5, 0.6) is 5.88 Å². The fraction of sp³-hybridized carbons (Fsp3) is 0.143. The van der Waals surface area contributed by atoms with E-state index in [1.165, 1.54) is 0 Å². The van der Waals surface area contributed by atoms with Crippen molar-refractivity contribution in [2.24, 2.45) is 0 Å². The summed E-state index contributed by atoms with van der Waals surface area (Å²) < 4.78 is 5.06. The third-order valence-corrected chi connectivity index (χ3v) is 2.59. The second-order valence-electron chi connectivity index (χ2n) is 3.85. The molecule has 92 valence electrons. The highest BCUT2D eigenvalue weighted by atomic mass is 16.5. The molecule has 0 aliphatic carbocycles. The number of benzene rings is 1. The lowest BCUT2D eigenvalue weighted by Gasteiger charge is -2.04. The average Bonchev–Trinajstić information content (AvgIpc) is 2.39. The number of aromatic nitrogens is 1. The van der Waals surface area contributed by atoms with Crippen LogP contribution in [0.2, 0.25) is 0 Å². The summed E-state index contributed by atoms with van der Waals surface area (Å²) in [5, 5.41) is 8.70. The summed E-state index contributed by atoms with van der Waals surface area (Å²) in [6, 6.07) is 11.1. The van der Waals surface area contributed by atoms with Crippen LogP contribution in [0.25, 0.3) is 11.1 Å². The highest BCUT2D eigenvalue weighted by Gasteiger charge is 2.03. The molecule has 4 heteroatoms. The summed E-state index contributed by atoms with van der Waals surface area (Å²) in [7, 11) is 1.57. The van der Waals surface area contributed by atoms with Crippen molar-refractivity contribution in [2.45, 2.75) is 6.42 Å². The van der Waals surface area contributed by atoms with Gasteiger partial charge < -0.3 is 9.84 Å². The summed E-state index contributed by atoms with van der Waals surface area (Å²) >= 11 is 0. The minimum absolute atomic E-state index is 0.0416. The molecule has 0 unspecified atom stereocenters. The maximum Gasteiger partial charge on any atom is 0.307 e. The standard InChI is InChI=1S/C14H13NO3/c1-18-13-9-12(6-7-15-13)11-4-2-10(3-5-11)8-14(16)17/h2-7,9H,8H2,1H3,(H,16,17). The number of aliphatic carboxylic acids is 1. The molecular weight excluding hydrogens is 230 g/mol. The van der Waals surface area contributed by atoms with E-state index in [-0.39, 0.29) is 6.42 Å². The highest BCUT2D eigenvalue weighted by molar-refractivity contribution is 5.71. The van der Waals surface area contributed by atoms with Crippen molar-refractivity contribution in [1.29, 1.82) is 0 Å². The molecule has 0 aliphatic rings. The molecule has 4 nitrogen and oxygen atoms in total. The van der Waals surface area contributed by atoms with Gasteiger partial charge in [0.05, 0.1) is 13.5 Å². The van der Waals surface area contributed by atoms with Crippen LogP contribution in [-0.2, 0) is 11.2 Å². The number of pyridine rings is 1. The second kappa shape index (κ2) is 5.31. The van der Waals surface area contributed by atoms with Crippen molar-refractivity contribution in [1.82, 2.24) is 4.98 Å². The summed E-state index contributed by atoms with van der Waals surface area (Å²) in [5.41, 5.74) is 2.78. The molecule has 0 bridgehead atoms. The molecule has 1 aromatic heterocycles. The third kappa shape index (κ3) is 2.85. The van der Waals surface area contributed by atoms with E-state index in [4.69, 9.17) is 9.84 Å². The number of carboxylic acid groups (broad SMARTS) is 1. The lowest BCUT2D eigenvalue weighted by molar-refractivity contribution is -0.136. The van der Waals surface area contributed by atoms with Crippen molar-refractivity contribution in [3.05, 3.63) is 48.2 Å². The first-order valence-corrected chi connectivity index (χ1v) is 5.50. The fourth-order valence-corrected chi connectivity index (χ4v) is 1.69. The van der Waals surface area contributed by atoms with Crippen LogP contribution in [-0.4, -0.2) is 23.2 Å². The first kappa shape index (κ1) is 12.1. The lowest BCUT2D eigenvalue weighted by Crippen LogP contribution is -1.99. The lowest BCUT2D eigenvalue weighted by atomic mass is 10.0. The Balaban J connectivity index is 2.25. The Morgan fingerprint density at radius 2 is 1.94 bits per heavy atom. The molecule has 0 saturated heterocycles. The maximum absolute atomic E-state index is 10.6. The molecule has 0 saturated carbocycles. The molecule has 1 heterocycles. The Kier molecular flexibility index (Phi) is 3.57. The molecule has 0 radical (unpaired) electrons. The molecule has 2 rings (SSSR count). The second-order valence-corrected chi connectivity index (χ2v) is 3.85. The first-order valence-electron chi connectivity index (χ1n) is 5.50. The third-order valence-electron chi connectivity index (χ3n) is 2.59. The van der Waals surface area contributed by atoms with Crippen molar-refractivity contribution >= 4 is 5.97 Å². The zero-order valence-corrected chi connectivity index (χ0v) is 9.96. The van der Waals surface area contributed by atoms with E-state index in [9.17, 15) is 4.79 Å². The number of nitrogens with zero attached hydrogens (tertiary/aromatic N) is 1. The molecule has 0 atom stereocenters. The first-order chi connectivity index (χ1) is 8.69. The maximum atomic E-state index is 10.6. The van der Waals surface area contributed by atoms with Crippen LogP contribution < -0.4 is 4.74 Å². The van der Waals surface area contributed by atoms with Gasteiger partial charge in [-0.05, 0) is 22.8 Å². The Bertz CT molecular complexity index is 549. The van der Waals surface area contributed by atoms with Gasteiger partial charge in [0.2, 0.25) is 5.88 Å². The van der Waals surface area contributed by atoms with Gasteiger partial charge in [0.25, 0.3) is 0 Å². The van der Waals surface area contributed by atoms with Gasteiger partial charge in [-0.2, -0.15) is 0 Å². The van der Waals surface area contributed by atoms with E-state index in [0.717, 1.165) is 16.7 Å². The molecule has 0 spiro atoms. The highest BCUT2D eigenvalue weighted by Crippen LogP contribution is 2.22. The van der Waals surface area contributed by atoms with Crippen LogP contribution in [0.1, 0.15) is 5.56 Å². The van der Waals surface area contributed by atoms with E-state index in [1.807, 2.05) is 36.4 Å². The number of rotatable bonds is 4. The van der Waals surface area contributed by atoms with E-state index in [2.05, 4.69) is 4.98 Å². The largest absolute Gasteiger partial charge is 0.481 e. The van der Waals surface area contributed by atoms with Crippen molar-refractivity contribution in [3.8, 4) is 17.0 Å². The van der Waals surface area contributed by atoms with Gasteiger partial charge in [0, 0.05) is 12.3 Å². The summed E-state index contributed by atoms with van der Waals surface area (Å²) in [5.74, 6) is -0.268. The van der Waals surface area contributed by atoms with Crippen LogP contribution >= 0.6 is 0 Å². The number of carbonyl (C=O) groups is 1. The molecule has 0 aliphatic heterocycles. The molecular formula is C14H13NO3. The minimum Gasteiger partial charge on any atom is -0.481 e. The zero-order chi connectivity index (χ0) is 13.0. The molecule has 1 aromatic carbocycles. The quantitative estimate of drug-likeness (QED) is 0.895. The Hall–Kier alpha value is -2.36. The minimum atomic E-state index is -0.826. The van der Waals surface area contributed by atoms with Crippen molar-refractivity contribution in [3.63, 3.8) is 0 Å². The Morgan fingerprint density at radius 3 is 2.56 bits per heavy atom. The number of carboxylic acids is 1. The van der Waals surface area contributed by atoms with Crippen molar-refractivity contribution < 1.29 is 14.6 Å². The van der Waals surface area contributed by atoms with Gasteiger partial charge in [-0.3, -0.25) is 4.79 Å². The fourth-order valence-electron chi connectivity index (χ4n) is 1.69. The zero-order valence-electron chi connectivity index (χ0n) is 9.96. The van der Waals surface area contributed by atoms with E-state index in [1.54, 1.807) is 13.3 Å². The van der Waals surface area contributed by atoms with E-state index < -0.39 is 5.97 Å². The molecule has 0 fully saturated rings. The van der Waals surface area contributed by atoms with Gasteiger partial charge in [0.15, 0.2) is 0 Å². The van der Waals surface area contributed by atoms with Crippen LogP contribution in [0, 0.1) is 0 Å². The summed E-state index contributed by atoms with van der Waals surface area (Å²) in [4.78, 5) is 14.6. The predicted octanol–water partition coefficient (Wildman–Crippen LogP) is 2.38. The van der Waals surface area contributed by atoms with Crippen molar-refractivity contribution in [2.75, 3.05) is 7.11 Å². The van der Waals surface area contributed by atoms with Crippen LogP contribution in [0.4, 0.5) is 0 Å². The molecule has 0 amide bonds. The predicted molar refractivity (Wildman–Crippen MR) is 67.6 cm³/mol. The van der Waals surface area contributed by atoms with E-state index >= 15 is 0 Å². The van der Waals surface area contributed by atoms with Crippen LogP contribution in [0.15, 0.2) is 42.6 Å². The van der Waals surface area contributed by atoms with Gasteiger partial charge in [-0.1, -0.05) is 24.3 Å². The number of ether oxygens (including phenoxy) is 1. The molecule has 18 heavy (non-hydrogen) atoms. The normalized spacial score (nSPS) is 10.1. The van der Waals surface area contributed by atoms with Gasteiger partial charge in [-0.15, -0.1) is 0 Å². The van der Waals surface area contributed by atoms with Gasteiger partial charge in [0.1, 0.15) is 0 Å². The van der Waals surface area contributed by atoms with Crippen LogP contribution in [0.3, 0.4) is 0 Å². The monoisotopic (exact) mass is 243 g/mol. The smallest absolute Gasteiger partial charge is 0.307 e. The topological polar surface area (TPSA) is 59.4 Å². The summed E-state index contributed by atoms with van der Waals surface area (Å²) in [6.45, 7) is 0. The number of hydrogen-bond acceptors (Lipinski definition) is 3.